The normalized spacial score (nSPS) is 21.2. The van der Waals surface area contributed by atoms with Crippen molar-refractivity contribution >= 4 is 0 Å². The Morgan fingerprint density at radius 1 is 1.08 bits per heavy atom. The molecule has 0 saturated carbocycles. The van der Waals surface area contributed by atoms with Crippen LogP contribution >= 0.6 is 0 Å². The molecule has 1 heterocycles. The molecule has 3 nitrogen and oxygen atoms in total. The highest BCUT2D eigenvalue weighted by atomic mass is 19.1. The molecule has 0 aromatic heterocycles. The van der Waals surface area contributed by atoms with Gasteiger partial charge in [-0.25, -0.2) is 4.39 Å². The van der Waals surface area contributed by atoms with Crippen LogP contribution in [0.2, 0.25) is 0 Å². The largest absolute Gasteiger partial charge is 0.330 e. The predicted molar refractivity (Wildman–Crippen MR) is 105 cm³/mol. The first-order valence-electron chi connectivity index (χ1n) is 9.56. The summed E-state index contributed by atoms with van der Waals surface area (Å²) in [6, 6.07) is 18.0. The van der Waals surface area contributed by atoms with E-state index in [-0.39, 0.29) is 5.82 Å². The van der Waals surface area contributed by atoms with Gasteiger partial charge < -0.3 is 10.6 Å². The second-order valence-corrected chi connectivity index (χ2v) is 7.43. The molecule has 2 aromatic rings. The number of likely N-dealkylation sites (tertiary alicyclic amines) is 1. The summed E-state index contributed by atoms with van der Waals surface area (Å²) < 4.78 is 13.0. The Labute approximate surface area is 156 Å². The van der Waals surface area contributed by atoms with Crippen molar-refractivity contribution in [3.63, 3.8) is 0 Å². The number of benzene rings is 2. The van der Waals surface area contributed by atoms with E-state index < -0.39 is 0 Å². The molecule has 3 rings (SSSR count). The van der Waals surface area contributed by atoms with Gasteiger partial charge in [-0.05, 0) is 62.2 Å². The third kappa shape index (κ3) is 5.13. The Bertz CT molecular complexity index is 659. The number of hydrogen-bond acceptors (Lipinski definition) is 3. The zero-order valence-corrected chi connectivity index (χ0v) is 15.7. The van der Waals surface area contributed by atoms with Crippen molar-refractivity contribution in [2.75, 3.05) is 33.2 Å². The van der Waals surface area contributed by atoms with Crippen LogP contribution in [0, 0.1) is 11.7 Å². The Morgan fingerprint density at radius 3 is 2.50 bits per heavy atom. The molecule has 0 radical (unpaired) electrons. The highest BCUT2D eigenvalue weighted by Crippen LogP contribution is 2.23. The number of hydrogen-bond donors (Lipinski definition) is 1. The topological polar surface area (TPSA) is 32.5 Å². The molecule has 0 bridgehead atoms. The van der Waals surface area contributed by atoms with Crippen LogP contribution in [0.25, 0.3) is 0 Å². The quantitative estimate of drug-likeness (QED) is 0.828. The predicted octanol–water partition coefficient (Wildman–Crippen LogP) is 3.15. The summed E-state index contributed by atoms with van der Waals surface area (Å²) >= 11 is 0. The van der Waals surface area contributed by atoms with Gasteiger partial charge in [0.1, 0.15) is 5.82 Å². The lowest BCUT2D eigenvalue weighted by molar-refractivity contribution is 0.0716. The molecule has 2 aromatic carbocycles. The van der Waals surface area contributed by atoms with E-state index in [9.17, 15) is 4.39 Å². The Kier molecular flexibility index (Phi) is 6.78. The molecule has 0 aliphatic carbocycles. The number of rotatable bonds is 7. The minimum atomic E-state index is -0.167. The summed E-state index contributed by atoms with van der Waals surface area (Å²) in [7, 11) is 2.22. The van der Waals surface area contributed by atoms with E-state index in [4.69, 9.17) is 5.73 Å². The monoisotopic (exact) mass is 355 g/mol. The molecule has 1 aliphatic heterocycles. The van der Waals surface area contributed by atoms with Crippen molar-refractivity contribution in [1.29, 1.82) is 0 Å². The second-order valence-electron chi connectivity index (χ2n) is 7.43. The van der Waals surface area contributed by atoms with Crippen LogP contribution in [0.5, 0.6) is 0 Å². The van der Waals surface area contributed by atoms with Gasteiger partial charge in [0.2, 0.25) is 0 Å². The van der Waals surface area contributed by atoms with Crippen LogP contribution in [0.3, 0.4) is 0 Å². The summed E-state index contributed by atoms with van der Waals surface area (Å²) in [5.41, 5.74) is 8.66. The van der Waals surface area contributed by atoms with Gasteiger partial charge in [0.15, 0.2) is 0 Å². The number of piperidine rings is 1. The van der Waals surface area contributed by atoms with Gasteiger partial charge in [-0.1, -0.05) is 42.5 Å². The summed E-state index contributed by atoms with van der Waals surface area (Å²) in [4.78, 5) is 4.97. The first-order valence-corrected chi connectivity index (χ1v) is 9.56. The summed E-state index contributed by atoms with van der Waals surface area (Å²) in [6.45, 7) is 4.84. The molecule has 1 aliphatic rings. The Hall–Kier alpha value is -1.75. The number of nitrogens with zero attached hydrogens (tertiary/aromatic N) is 2. The molecule has 26 heavy (non-hydrogen) atoms. The van der Waals surface area contributed by atoms with E-state index in [1.165, 1.54) is 11.1 Å². The number of nitrogens with two attached hydrogens (primary N) is 1. The van der Waals surface area contributed by atoms with Gasteiger partial charge in [0, 0.05) is 25.7 Å². The maximum atomic E-state index is 13.0. The smallest absolute Gasteiger partial charge is 0.123 e. The fraction of sp³-hybridized carbons (Fsp3) is 0.455. The van der Waals surface area contributed by atoms with E-state index >= 15 is 0 Å². The molecule has 140 valence electrons. The minimum absolute atomic E-state index is 0.167. The zero-order valence-electron chi connectivity index (χ0n) is 15.7. The summed E-state index contributed by atoms with van der Waals surface area (Å²) in [6.07, 6.45) is 2.11. The van der Waals surface area contributed by atoms with E-state index in [1.807, 2.05) is 12.1 Å². The Morgan fingerprint density at radius 2 is 1.81 bits per heavy atom. The lowest BCUT2D eigenvalue weighted by atomic mass is 9.90. The molecule has 4 heteroatoms. The first-order chi connectivity index (χ1) is 12.7. The van der Waals surface area contributed by atoms with Crippen molar-refractivity contribution in [2.24, 2.45) is 11.7 Å². The lowest BCUT2D eigenvalue weighted by Crippen LogP contribution is -2.52. The van der Waals surface area contributed by atoms with Crippen molar-refractivity contribution in [1.82, 2.24) is 9.80 Å². The fourth-order valence-electron chi connectivity index (χ4n) is 4.04. The molecule has 0 unspecified atom stereocenters. The highest BCUT2D eigenvalue weighted by Gasteiger charge is 2.30. The fourth-order valence-corrected chi connectivity index (χ4v) is 4.04. The lowest BCUT2D eigenvalue weighted by Gasteiger charge is -2.42. The zero-order chi connectivity index (χ0) is 18.4. The number of halogens is 1. The van der Waals surface area contributed by atoms with E-state index in [0.717, 1.165) is 45.6 Å². The molecule has 1 fully saturated rings. The third-order valence-electron chi connectivity index (χ3n) is 5.55. The highest BCUT2D eigenvalue weighted by molar-refractivity contribution is 5.16. The van der Waals surface area contributed by atoms with E-state index in [2.05, 4.69) is 47.2 Å². The maximum absolute atomic E-state index is 13.0. The van der Waals surface area contributed by atoms with Crippen molar-refractivity contribution in [3.8, 4) is 0 Å². The van der Waals surface area contributed by atoms with Crippen molar-refractivity contribution in [3.05, 3.63) is 71.5 Å². The molecule has 0 spiro atoms. The molecular formula is C22H30FN3. The van der Waals surface area contributed by atoms with Crippen LogP contribution in [-0.2, 0) is 13.0 Å². The molecule has 2 N–H and O–H groups in total. The molecular weight excluding hydrogens is 325 g/mol. The summed E-state index contributed by atoms with van der Waals surface area (Å²) in [5.74, 6) is 0.324. The maximum Gasteiger partial charge on any atom is 0.123 e. The first kappa shape index (κ1) is 19.0. The van der Waals surface area contributed by atoms with Crippen LogP contribution in [0.1, 0.15) is 17.5 Å². The van der Waals surface area contributed by atoms with Gasteiger partial charge in [-0.3, -0.25) is 4.90 Å². The van der Waals surface area contributed by atoms with Crippen LogP contribution in [-0.4, -0.2) is 49.1 Å². The third-order valence-corrected chi connectivity index (χ3v) is 5.55. The molecule has 0 amide bonds. The minimum Gasteiger partial charge on any atom is -0.330 e. The van der Waals surface area contributed by atoms with Gasteiger partial charge >= 0.3 is 0 Å². The molecule has 2 atom stereocenters. The van der Waals surface area contributed by atoms with Gasteiger partial charge in [-0.15, -0.1) is 0 Å². The van der Waals surface area contributed by atoms with Gasteiger partial charge in [-0.2, -0.15) is 0 Å². The standard InChI is InChI=1S/C22H30FN3/c1-25(16-19-5-3-2-4-6-19)22-12-14-26(17-20(22)15-24)13-11-18-7-9-21(23)10-8-18/h2-10,20,22H,11-17,24H2,1H3/t20-,22-/m1/s1. The summed E-state index contributed by atoms with van der Waals surface area (Å²) in [5, 5.41) is 0. The van der Waals surface area contributed by atoms with Crippen molar-refractivity contribution < 1.29 is 4.39 Å². The van der Waals surface area contributed by atoms with Crippen LogP contribution < -0.4 is 5.73 Å². The van der Waals surface area contributed by atoms with Gasteiger partial charge in [0.05, 0.1) is 0 Å². The van der Waals surface area contributed by atoms with Crippen molar-refractivity contribution in [2.45, 2.75) is 25.4 Å². The average molecular weight is 356 g/mol. The molecule has 1 saturated heterocycles. The van der Waals surface area contributed by atoms with E-state index in [0.29, 0.717) is 12.0 Å². The van der Waals surface area contributed by atoms with E-state index in [1.54, 1.807) is 12.1 Å². The SMILES string of the molecule is CN(Cc1ccccc1)[C@@H]1CCN(CCc2ccc(F)cc2)C[C@H]1CN. The average Bonchev–Trinajstić information content (AvgIpc) is 2.68. The van der Waals surface area contributed by atoms with Crippen LogP contribution in [0.15, 0.2) is 54.6 Å². The Balaban J connectivity index is 1.52. The van der Waals surface area contributed by atoms with Gasteiger partial charge in [0.25, 0.3) is 0 Å². The second kappa shape index (κ2) is 9.26. The van der Waals surface area contributed by atoms with Crippen LogP contribution in [0.4, 0.5) is 4.39 Å².